The second-order valence-electron chi connectivity index (χ2n) is 6.75. The smallest absolute Gasteiger partial charge is 0.261 e. The Kier molecular flexibility index (Phi) is 5.46. The summed E-state index contributed by atoms with van der Waals surface area (Å²) in [6.07, 6.45) is 0. The average Bonchev–Trinajstić information content (AvgIpc) is 2.99. The molecule has 4 rings (SSSR count). The van der Waals surface area contributed by atoms with Crippen LogP contribution in [0.2, 0.25) is 0 Å². The van der Waals surface area contributed by atoms with Gasteiger partial charge in [-0.05, 0) is 54.6 Å². The highest BCUT2D eigenvalue weighted by atomic mass is 79.9. The number of hydrogen-bond acceptors (Lipinski definition) is 3. The van der Waals surface area contributed by atoms with Gasteiger partial charge in [-0.1, -0.05) is 34.1 Å². The van der Waals surface area contributed by atoms with Gasteiger partial charge in [-0.15, -0.1) is 0 Å². The molecule has 0 bridgehead atoms. The van der Waals surface area contributed by atoms with Crippen LogP contribution in [0.15, 0.2) is 77.3 Å². The lowest BCUT2D eigenvalue weighted by molar-refractivity contribution is 0.0654. The van der Waals surface area contributed by atoms with Crippen LogP contribution in [0, 0.1) is 5.82 Å². The molecule has 0 atom stereocenters. The first-order chi connectivity index (χ1) is 14.5. The number of imide groups is 1. The van der Waals surface area contributed by atoms with Gasteiger partial charge in [0, 0.05) is 28.8 Å². The fourth-order valence-corrected chi connectivity index (χ4v) is 3.65. The Morgan fingerprint density at radius 1 is 0.900 bits per heavy atom. The maximum atomic E-state index is 13.8. The Morgan fingerprint density at radius 3 is 2.13 bits per heavy atom. The van der Waals surface area contributed by atoms with E-state index in [9.17, 15) is 18.8 Å². The molecular weight excluding hydrogens is 451 g/mol. The Balaban J connectivity index is 1.61. The van der Waals surface area contributed by atoms with Crippen LogP contribution in [-0.4, -0.2) is 35.7 Å². The van der Waals surface area contributed by atoms with Crippen molar-refractivity contribution in [1.29, 1.82) is 0 Å². The maximum Gasteiger partial charge on any atom is 0.261 e. The summed E-state index contributed by atoms with van der Waals surface area (Å²) in [7, 11) is 0. The van der Waals surface area contributed by atoms with Gasteiger partial charge in [0.2, 0.25) is 0 Å². The van der Waals surface area contributed by atoms with Gasteiger partial charge in [0.25, 0.3) is 17.7 Å². The van der Waals surface area contributed by atoms with Crippen molar-refractivity contribution in [1.82, 2.24) is 4.90 Å². The van der Waals surface area contributed by atoms with Crippen molar-refractivity contribution >= 4 is 39.3 Å². The van der Waals surface area contributed by atoms with E-state index in [1.807, 2.05) is 0 Å². The summed E-state index contributed by atoms with van der Waals surface area (Å²) in [5.74, 6) is -1.64. The second-order valence-corrected chi connectivity index (χ2v) is 7.67. The molecule has 0 spiro atoms. The van der Waals surface area contributed by atoms with Crippen LogP contribution in [0.25, 0.3) is 0 Å². The lowest BCUT2D eigenvalue weighted by Gasteiger charge is -2.25. The summed E-state index contributed by atoms with van der Waals surface area (Å²) in [5, 5.41) is 0. The number of hydrogen-bond donors (Lipinski definition) is 0. The summed E-state index contributed by atoms with van der Waals surface area (Å²) in [5.41, 5.74) is 1.45. The molecule has 7 heteroatoms. The van der Waals surface area contributed by atoms with Crippen LogP contribution in [0.5, 0.6) is 0 Å². The van der Waals surface area contributed by atoms with Gasteiger partial charge in [-0.25, -0.2) is 4.39 Å². The van der Waals surface area contributed by atoms with E-state index in [4.69, 9.17) is 0 Å². The molecule has 3 amide bonds. The van der Waals surface area contributed by atoms with E-state index in [0.29, 0.717) is 22.4 Å². The Morgan fingerprint density at radius 2 is 1.53 bits per heavy atom. The molecule has 1 aliphatic heterocycles. The SMILES string of the molecule is O=C1c2ccccc2C(=O)N1CCN(C(=O)c1ccc(Br)cc1)c1cccc(F)c1. The summed E-state index contributed by atoms with van der Waals surface area (Å²) < 4.78 is 14.6. The van der Waals surface area contributed by atoms with Gasteiger partial charge in [0.15, 0.2) is 0 Å². The minimum Gasteiger partial charge on any atom is -0.306 e. The molecule has 3 aromatic carbocycles. The largest absolute Gasteiger partial charge is 0.306 e. The van der Waals surface area contributed by atoms with E-state index < -0.39 is 17.6 Å². The monoisotopic (exact) mass is 466 g/mol. The van der Waals surface area contributed by atoms with Crippen LogP contribution < -0.4 is 4.90 Å². The zero-order valence-corrected chi connectivity index (χ0v) is 17.3. The number of carbonyl (C=O) groups excluding carboxylic acids is 3. The van der Waals surface area contributed by atoms with Gasteiger partial charge >= 0.3 is 0 Å². The van der Waals surface area contributed by atoms with E-state index in [0.717, 1.165) is 9.37 Å². The van der Waals surface area contributed by atoms with E-state index in [-0.39, 0.29) is 19.0 Å². The molecule has 30 heavy (non-hydrogen) atoms. The van der Waals surface area contributed by atoms with Crippen LogP contribution in [0.4, 0.5) is 10.1 Å². The first kappa shape index (κ1) is 20.0. The first-order valence-corrected chi connectivity index (χ1v) is 10.0. The van der Waals surface area contributed by atoms with Crippen molar-refractivity contribution in [3.05, 3.63) is 99.8 Å². The number of fused-ring (bicyclic) bond motifs is 1. The standard InChI is InChI=1S/C23H16BrFN2O3/c24-16-10-8-15(9-11-16)21(28)26(18-5-3-4-17(25)14-18)12-13-27-22(29)19-6-1-2-7-20(19)23(27)30/h1-11,14H,12-13H2. The Hall–Kier alpha value is -3.32. The number of halogens is 2. The molecule has 0 radical (unpaired) electrons. The van der Waals surface area contributed by atoms with Gasteiger partial charge in [0.05, 0.1) is 11.1 Å². The third kappa shape index (κ3) is 3.76. The summed E-state index contributed by atoms with van der Waals surface area (Å²) in [6.45, 7) is 0.0228. The van der Waals surface area contributed by atoms with Crippen LogP contribution in [0.1, 0.15) is 31.1 Å². The van der Waals surface area contributed by atoms with E-state index in [2.05, 4.69) is 15.9 Å². The van der Waals surface area contributed by atoms with E-state index >= 15 is 0 Å². The Labute approximate surface area is 180 Å². The molecule has 1 heterocycles. The topological polar surface area (TPSA) is 57.7 Å². The molecule has 0 saturated carbocycles. The third-order valence-electron chi connectivity index (χ3n) is 4.88. The van der Waals surface area contributed by atoms with Crippen molar-refractivity contribution in [2.75, 3.05) is 18.0 Å². The molecule has 0 aromatic heterocycles. The zero-order valence-electron chi connectivity index (χ0n) is 15.7. The molecule has 150 valence electrons. The minimum absolute atomic E-state index is 0.00880. The van der Waals surface area contributed by atoms with Crippen LogP contribution in [0.3, 0.4) is 0 Å². The summed E-state index contributed by atoms with van der Waals surface area (Å²) >= 11 is 3.33. The molecule has 1 aliphatic rings. The van der Waals surface area contributed by atoms with E-state index in [1.54, 1.807) is 54.6 Å². The Bertz CT molecular complexity index is 1110. The van der Waals surface area contributed by atoms with Crippen molar-refractivity contribution in [3.8, 4) is 0 Å². The number of carbonyl (C=O) groups is 3. The number of rotatable bonds is 5. The molecule has 3 aromatic rings. The predicted octanol–water partition coefficient (Wildman–Crippen LogP) is 4.53. The molecule has 0 fully saturated rings. The highest BCUT2D eigenvalue weighted by molar-refractivity contribution is 9.10. The summed E-state index contributed by atoms with van der Waals surface area (Å²) in [4.78, 5) is 40.9. The second kappa shape index (κ2) is 8.20. The summed E-state index contributed by atoms with van der Waals surface area (Å²) in [6, 6.07) is 19.0. The van der Waals surface area contributed by atoms with Gasteiger partial charge in [-0.3, -0.25) is 19.3 Å². The fraction of sp³-hybridized carbons (Fsp3) is 0.0870. The normalized spacial score (nSPS) is 12.8. The molecule has 0 saturated heterocycles. The average molecular weight is 467 g/mol. The van der Waals surface area contributed by atoms with Crippen LogP contribution in [-0.2, 0) is 0 Å². The van der Waals surface area contributed by atoms with Crippen molar-refractivity contribution in [2.45, 2.75) is 0 Å². The van der Waals surface area contributed by atoms with Crippen molar-refractivity contribution < 1.29 is 18.8 Å². The van der Waals surface area contributed by atoms with Crippen molar-refractivity contribution in [3.63, 3.8) is 0 Å². The highest BCUT2D eigenvalue weighted by Crippen LogP contribution is 2.24. The minimum atomic E-state index is -0.484. The lowest BCUT2D eigenvalue weighted by Crippen LogP contribution is -2.41. The third-order valence-corrected chi connectivity index (χ3v) is 5.41. The maximum absolute atomic E-state index is 13.8. The van der Waals surface area contributed by atoms with E-state index in [1.165, 1.54) is 23.1 Å². The number of anilines is 1. The lowest BCUT2D eigenvalue weighted by atomic mass is 10.1. The number of benzene rings is 3. The molecule has 0 N–H and O–H groups in total. The quantitative estimate of drug-likeness (QED) is 0.519. The molecule has 0 aliphatic carbocycles. The number of amides is 3. The molecule has 5 nitrogen and oxygen atoms in total. The van der Waals surface area contributed by atoms with Gasteiger partial charge in [-0.2, -0.15) is 0 Å². The van der Waals surface area contributed by atoms with Gasteiger partial charge < -0.3 is 4.90 Å². The first-order valence-electron chi connectivity index (χ1n) is 9.24. The fourth-order valence-electron chi connectivity index (χ4n) is 3.38. The van der Waals surface area contributed by atoms with Crippen molar-refractivity contribution in [2.24, 2.45) is 0 Å². The molecular formula is C23H16BrFN2O3. The predicted molar refractivity (Wildman–Crippen MR) is 114 cm³/mol. The zero-order chi connectivity index (χ0) is 21.3. The highest BCUT2D eigenvalue weighted by Gasteiger charge is 2.35. The van der Waals surface area contributed by atoms with Crippen LogP contribution >= 0.6 is 15.9 Å². The molecule has 0 unspecified atom stereocenters. The number of nitrogens with zero attached hydrogens (tertiary/aromatic N) is 2. The van der Waals surface area contributed by atoms with Gasteiger partial charge in [0.1, 0.15) is 5.82 Å².